The van der Waals surface area contributed by atoms with E-state index in [1.54, 1.807) is 54.6 Å². The van der Waals surface area contributed by atoms with Crippen molar-refractivity contribution in [3.05, 3.63) is 83.2 Å². The molecule has 0 aliphatic carbocycles. The molecule has 9 heteroatoms. The normalized spacial score (nSPS) is 10.7. The predicted octanol–water partition coefficient (Wildman–Crippen LogP) is 4.47. The molecule has 0 fully saturated rings. The Kier molecular flexibility index (Phi) is 7.47. The number of nitrogens with one attached hydrogen (secondary N) is 2. The number of nitrogens with zero attached hydrogens (tertiary/aromatic N) is 2. The summed E-state index contributed by atoms with van der Waals surface area (Å²) in [7, 11) is 0. The molecule has 2 amide bonds. The fourth-order valence-corrected chi connectivity index (χ4v) is 4.31. The van der Waals surface area contributed by atoms with Crippen molar-refractivity contribution in [2.24, 2.45) is 0 Å². The Labute approximate surface area is 206 Å². The maximum atomic E-state index is 13.5. The van der Waals surface area contributed by atoms with E-state index >= 15 is 0 Å². The Morgan fingerprint density at radius 2 is 1.60 bits per heavy atom. The molecule has 178 valence electrons. The van der Waals surface area contributed by atoms with E-state index in [1.165, 1.54) is 11.5 Å². The molecule has 0 radical (unpaired) electrons. The number of carbonyl (C=O) groups excluding carboxylic acids is 2. The Morgan fingerprint density at radius 1 is 0.943 bits per heavy atom. The number of carbonyl (C=O) groups is 2. The summed E-state index contributed by atoms with van der Waals surface area (Å²) in [6.45, 7) is 3.75. The van der Waals surface area contributed by atoms with Crippen molar-refractivity contribution in [1.29, 1.82) is 0 Å². The van der Waals surface area contributed by atoms with E-state index in [-0.39, 0.29) is 23.1 Å². The van der Waals surface area contributed by atoms with Crippen LogP contribution < -0.4 is 20.9 Å². The van der Waals surface area contributed by atoms with Crippen molar-refractivity contribution in [2.45, 2.75) is 19.0 Å². The number of anilines is 2. The van der Waals surface area contributed by atoms with E-state index in [1.807, 2.05) is 25.1 Å². The topological polar surface area (TPSA) is 102 Å². The lowest BCUT2D eigenvalue weighted by Gasteiger charge is -2.16. The number of rotatable bonds is 8. The molecule has 2 N–H and O–H groups in total. The first-order valence-corrected chi connectivity index (χ1v) is 12.0. The smallest absolute Gasteiger partial charge is 0.266 e. The first-order chi connectivity index (χ1) is 17.0. The van der Waals surface area contributed by atoms with Crippen LogP contribution in [0, 0.1) is 0 Å². The van der Waals surface area contributed by atoms with Gasteiger partial charge in [0.05, 0.1) is 29.0 Å². The molecule has 0 spiro atoms. The summed E-state index contributed by atoms with van der Waals surface area (Å²) in [6.07, 6.45) is 0. The molecule has 0 unspecified atom stereocenters. The summed E-state index contributed by atoms with van der Waals surface area (Å²) in [4.78, 5) is 42.0. The maximum Gasteiger partial charge on any atom is 0.266 e. The van der Waals surface area contributed by atoms with Crippen LogP contribution in [0.25, 0.3) is 16.6 Å². The molecule has 0 bridgehead atoms. The molecule has 0 atom stereocenters. The number of fused-ring (bicyclic) bond motifs is 1. The van der Waals surface area contributed by atoms with Crippen molar-refractivity contribution in [3.8, 4) is 11.4 Å². The fourth-order valence-electron chi connectivity index (χ4n) is 3.51. The average Bonchev–Trinajstić information content (AvgIpc) is 2.85. The Bertz CT molecular complexity index is 1430. The second-order valence-electron chi connectivity index (χ2n) is 7.55. The van der Waals surface area contributed by atoms with Gasteiger partial charge in [0.1, 0.15) is 5.75 Å². The van der Waals surface area contributed by atoms with E-state index < -0.39 is 0 Å². The summed E-state index contributed by atoms with van der Waals surface area (Å²) >= 11 is 1.16. The zero-order chi connectivity index (χ0) is 24.8. The highest BCUT2D eigenvalue weighted by Crippen LogP contribution is 2.27. The third-order valence-electron chi connectivity index (χ3n) is 4.97. The fraction of sp³-hybridized carbons (Fsp3) is 0.154. The summed E-state index contributed by atoms with van der Waals surface area (Å²) in [5.74, 6) is 0.168. The highest BCUT2D eigenvalue weighted by Gasteiger charge is 2.17. The van der Waals surface area contributed by atoms with Gasteiger partial charge in [0.25, 0.3) is 5.56 Å². The van der Waals surface area contributed by atoms with Gasteiger partial charge in [-0.3, -0.25) is 19.0 Å². The average molecular weight is 489 g/mol. The summed E-state index contributed by atoms with van der Waals surface area (Å²) < 4.78 is 7.24. The molecule has 1 aromatic heterocycles. The summed E-state index contributed by atoms with van der Waals surface area (Å²) in [6, 6.07) is 21.2. The zero-order valence-electron chi connectivity index (χ0n) is 19.3. The Balaban J connectivity index is 1.61. The number of benzene rings is 3. The van der Waals surface area contributed by atoms with Crippen LogP contribution in [-0.4, -0.2) is 33.7 Å². The number of para-hydroxylation sites is 3. The van der Waals surface area contributed by atoms with Crippen LogP contribution in [0.15, 0.2) is 82.7 Å². The van der Waals surface area contributed by atoms with E-state index in [2.05, 4.69) is 15.6 Å². The third-order valence-corrected chi connectivity index (χ3v) is 5.91. The van der Waals surface area contributed by atoms with Gasteiger partial charge in [-0.2, -0.15) is 0 Å². The number of aromatic nitrogens is 2. The second-order valence-corrected chi connectivity index (χ2v) is 8.49. The van der Waals surface area contributed by atoms with Crippen LogP contribution >= 0.6 is 11.8 Å². The van der Waals surface area contributed by atoms with Crippen molar-refractivity contribution >= 4 is 45.9 Å². The highest BCUT2D eigenvalue weighted by molar-refractivity contribution is 7.99. The van der Waals surface area contributed by atoms with E-state index in [9.17, 15) is 14.4 Å². The van der Waals surface area contributed by atoms with E-state index in [4.69, 9.17) is 4.74 Å². The van der Waals surface area contributed by atoms with Crippen molar-refractivity contribution in [3.63, 3.8) is 0 Å². The van der Waals surface area contributed by atoms with Gasteiger partial charge >= 0.3 is 0 Å². The van der Waals surface area contributed by atoms with Crippen LogP contribution in [0.3, 0.4) is 0 Å². The molecule has 0 aliphatic heterocycles. The number of amides is 2. The summed E-state index contributed by atoms with van der Waals surface area (Å²) in [5.41, 5.74) is 2.12. The van der Waals surface area contributed by atoms with Gasteiger partial charge in [-0.15, -0.1) is 0 Å². The SMILES string of the molecule is CCOc1ccccc1-n1c(SCC(=O)Nc2ccc(NC(C)=O)cc2)nc2ccccc2c1=O. The van der Waals surface area contributed by atoms with Gasteiger partial charge < -0.3 is 15.4 Å². The molecule has 4 rings (SSSR count). The first-order valence-electron chi connectivity index (χ1n) is 11.0. The minimum absolute atomic E-state index is 0.0367. The van der Waals surface area contributed by atoms with Crippen LogP contribution in [-0.2, 0) is 9.59 Å². The van der Waals surface area contributed by atoms with Crippen LogP contribution in [0.2, 0.25) is 0 Å². The van der Waals surface area contributed by atoms with Crippen LogP contribution in [0.5, 0.6) is 5.75 Å². The highest BCUT2D eigenvalue weighted by atomic mass is 32.2. The van der Waals surface area contributed by atoms with Crippen molar-refractivity contribution in [1.82, 2.24) is 9.55 Å². The van der Waals surface area contributed by atoms with Crippen molar-refractivity contribution in [2.75, 3.05) is 23.0 Å². The van der Waals surface area contributed by atoms with E-state index in [0.29, 0.717) is 45.5 Å². The number of thioether (sulfide) groups is 1. The number of hydrogen-bond acceptors (Lipinski definition) is 6. The van der Waals surface area contributed by atoms with Gasteiger partial charge in [-0.1, -0.05) is 36.0 Å². The lowest BCUT2D eigenvalue weighted by atomic mass is 10.2. The van der Waals surface area contributed by atoms with Crippen LogP contribution in [0.1, 0.15) is 13.8 Å². The van der Waals surface area contributed by atoms with Crippen LogP contribution in [0.4, 0.5) is 11.4 Å². The quantitative estimate of drug-likeness (QED) is 0.280. The second kappa shape index (κ2) is 10.9. The molecule has 0 aliphatic rings. The van der Waals surface area contributed by atoms with E-state index in [0.717, 1.165) is 11.8 Å². The molecular weight excluding hydrogens is 464 g/mol. The molecule has 0 saturated carbocycles. The number of ether oxygens (including phenoxy) is 1. The molecule has 35 heavy (non-hydrogen) atoms. The van der Waals surface area contributed by atoms with Gasteiger partial charge in [0, 0.05) is 18.3 Å². The van der Waals surface area contributed by atoms with Gasteiger partial charge in [-0.05, 0) is 55.5 Å². The molecule has 1 heterocycles. The number of hydrogen-bond donors (Lipinski definition) is 2. The standard InChI is InChI=1S/C26H24N4O4S/c1-3-34-23-11-7-6-10-22(23)30-25(33)20-8-4-5-9-21(20)29-26(30)35-16-24(32)28-19-14-12-18(13-15-19)27-17(2)31/h4-15H,3,16H2,1-2H3,(H,27,31)(H,28,32). The lowest BCUT2D eigenvalue weighted by molar-refractivity contribution is -0.114. The zero-order valence-corrected chi connectivity index (χ0v) is 20.1. The minimum atomic E-state index is -0.255. The minimum Gasteiger partial charge on any atom is -0.492 e. The Morgan fingerprint density at radius 3 is 2.31 bits per heavy atom. The molecule has 3 aromatic carbocycles. The molecule has 0 saturated heterocycles. The molecular formula is C26H24N4O4S. The largest absolute Gasteiger partial charge is 0.492 e. The molecule has 8 nitrogen and oxygen atoms in total. The molecule has 4 aromatic rings. The summed E-state index contributed by atoms with van der Waals surface area (Å²) in [5, 5.41) is 6.37. The van der Waals surface area contributed by atoms with Gasteiger partial charge in [-0.25, -0.2) is 4.98 Å². The van der Waals surface area contributed by atoms with Gasteiger partial charge in [0.15, 0.2) is 5.16 Å². The first kappa shape index (κ1) is 24.0. The lowest BCUT2D eigenvalue weighted by Crippen LogP contribution is -2.23. The van der Waals surface area contributed by atoms with Gasteiger partial charge in [0.2, 0.25) is 11.8 Å². The van der Waals surface area contributed by atoms with Crippen molar-refractivity contribution < 1.29 is 14.3 Å². The monoisotopic (exact) mass is 488 g/mol. The predicted molar refractivity (Wildman–Crippen MR) is 139 cm³/mol. The third kappa shape index (κ3) is 5.70. The maximum absolute atomic E-state index is 13.5. The Hall–Kier alpha value is -4.11.